The molecule has 1 amide bonds. The van der Waals surface area contributed by atoms with Crippen LogP contribution in [0.4, 0.5) is 24.7 Å². The normalized spacial score (nSPS) is 12.5. The number of anilines is 2. The highest BCUT2D eigenvalue weighted by Crippen LogP contribution is 2.30. The van der Waals surface area contributed by atoms with Crippen molar-refractivity contribution in [3.63, 3.8) is 0 Å². The van der Waals surface area contributed by atoms with Crippen LogP contribution < -0.4 is 10.6 Å². The first kappa shape index (κ1) is 22.2. The average Bonchev–Trinajstić information content (AvgIpc) is 3.07. The van der Waals surface area contributed by atoms with Crippen molar-refractivity contribution in [3.05, 3.63) is 71.7 Å². The van der Waals surface area contributed by atoms with Crippen LogP contribution >= 0.6 is 0 Å². The molecule has 0 aliphatic carbocycles. The van der Waals surface area contributed by atoms with Gasteiger partial charge in [-0.25, -0.2) is 15.0 Å². The third-order valence-corrected chi connectivity index (χ3v) is 5.17. The molecule has 1 unspecified atom stereocenters. The Labute approximate surface area is 186 Å². The number of hydrogen-bond acceptors (Lipinski definition) is 6. The van der Waals surface area contributed by atoms with Crippen molar-refractivity contribution in [1.82, 2.24) is 29.8 Å². The van der Waals surface area contributed by atoms with Crippen LogP contribution in [-0.2, 0) is 13.2 Å². The largest absolute Gasteiger partial charge is 0.416 e. The standard InChI is InChI=1S/C22H20F3N7O/c1-12(29-21(33)16-8-19-18(10-26-16)30-13(2)32(19)3)17-9-28-20(11-27-17)31-15-6-4-14(5-7-15)22(23,24)25/h4-12H,1-3H3,(H,28,31)(H,29,33). The smallest absolute Gasteiger partial charge is 0.343 e. The fraction of sp³-hybridized carbons (Fsp3) is 0.227. The molecule has 11 heteroatoms. The van der Waals surface area contributed by atoms with Crippen LogP contribution in [0, 0.1) is 6.92 Å². The number of benzene rings is 1. The predicted octanol–water partition coefficient (Wildman–Crippen LogP) is 4.32. The van der Waals surface area contributed by atoms with Crippen LogP contribution in [0.5, 0.6) is 0 Å². The second-order valence-corrected chi connectivity index (χ2v) is 7.50. The number of aromatic nitrogens is 5. The lowest BCUT2D eigenvalue weighted by Gasteiger charge is -2.14. The Balaban J connectivity index is 1.41. The molecule has 3 aromatic heterocycles. The molecule has 2 N–H and O–H groups in total. The van der Waals surface area contributed by atoms with Crippen molar-refractivity contribution in [2.24, 2.45) is 7.05 Å². The van der Waals surface area contributed by atoms with Crippen molar-refractivity contribution < 1.29 is 18.0 Å². The molecule has 33 heavy (non-hydrogen) atoms. The summed E-state index contributed by atoms with van der Waals surface area (Å²) in [6, 6.07) is 5.83. The lowest BCUT2D eigenvalue weighted by atomic mass is 10.2. The van der Waals surface area contributed by atoms with E-state index in [1.807, 2.05) is 18.5 Å². The molecule has 4 aromatic rings. The van der Waals surface area contributed by atoms with Crippen LogP contribution in [0.2, 0.25) is 0 Å². The minimum Gasteiger partial charge on any atom is -0.343 e. The zero-order valence-electron chi connectivity index (χ0n) is 18.0. The number of alkyl halides is 3. The second-order valence-electron chi connectivity index (χ2n) is 7.50. The molecule has 0 fully saturated rings. The molecule has 1 aromatic carbocycles. The Hall–Kier alpha value is -4.02. The number of amides is 1. The number of fused-ring (bicyclic) bond motifs is 1. The van der Waals surface area contributed by atoms with E-state index in [-0.39, 0.29) is 11.6 Å². The van der Waals surface area contributed by atoms with Gasteiger partial charge in [0.2, 0.25) is 0 Å². The molecule has 0 aliphatic rings. The minimum atomic E-state index is -4.39. The van der Waals surface area contributed by atoms with Crippen molar-refractivity contribution >= 4 is 28.4 Å². The summed E-state index contributed by atoms with van der Waals surface area (Å²) in [6.07, 6.45) is 0.0960. The van der Waals surface area contributed by atoms with Gasteiger partial charge in [0.1, 0.15) is 22.9 Å². The Morgan fingerprint density at radius 2 is 1.79 bits per heavy atom. The summed E-state index contributed by atoms with van der Waals surface area (Å²) in [4.78, 5) is 29.7. The monoisotopic (exact) mass is 455 g/mol. The quantitative estimate of drug-likeness (QED) is 0.465. The number of hydrogen-bond donors (Lipinski definition) is 2. The summed E-state index contributed by atoms with van der Waals surface area (Å²) in [5, 5.41) is 5.73. The molecular formula is C22H20F3N7O. The van der Waals surface area contributed by atoms with E-state index in [9.17, 15) is 18.0 Å². The molecule has 0 bridgehead atoms. The van der Waals surface area contributed by atoms with E-state index in [1.54, 1.807) is 19.2 Å². The Morgan fingerprint density at radius 1 is 1.06 bits per heavy atom. The topological polar surface area (TPSA) is 97.6 Å². The molecule has 4 rings (SSSR count). The maximum absolute atomic E-state index is 12.7. The highest BCUT2D eigenvalue weighted by molar-refractivity contribution is 5.95. The molecule has 8 nitrogen and oxygen atoms in total. The summed E-state index contributed by atoms with van der Waals surface area (Å²) in [7, 11) is 1.87. The maximum Gasteiger partial charge on any atom is 0.416 e. The van der Waals surface area contributed by atoms with E-state index in [2.05, 4.69) is 30.6 Å². The zero-order valence-corrected chi connectivity index (χ0v) is 18.0. The lowest BCUT2D eigenvalue weighted by molar-refractivity contribution is -0.137. The Morgan fingerprint density at radius 3 is 2.42 bits per heavy atom. The highest BCUT2D eigenvalue weighted by Gasteiger charge is 2.29. The number of carbonyl (C=O) groups is 1. The van der Waals surface area contributed by atoms with Gasteiger partial charge in [0.15, 0.2) is 0 Å². The number of imidazole rings is 1. The van der Waals surface area contributed by atoms with E-state index in [0.29, 0.717) is 22.7 Å². The number of rotatable bonds is 5. The first-order chi connectivity index (χ1) is 15.6. The van der Waals surface area contributed by atoms with Gasteiger partial charge in [-0.05, 0) is 44.2 Å². The molecule has 0 saturated heterocycles. The van der Waals surface area contributed by atoms with Gasteiger partial charge in [-0.2, -0.15) is 13.2 Å². The first-order valence-electron chi connectivity index (χ1n) is 9.98. The van der Waals surface area contributed by atoms with Gasteiger partial charge in [0.25, 0.3) is 5.91 Å². The predicted molar refractivity (Wildman–Crippen MR) is 116 cm³/mol. The fourth-order valence-electron chi connectivity index (χ4n) is 3.20. The van der Waals surface area contributed by atoms with Crippen molar-refractivity contribution in [3.8, 4) is 0 Å². The van der Waals surface area contributed by atoms with E-state index < -0.39 is 17.8 Å². The Kier molecular flexibility index (Phi) is 5.71. The van der Waals surface area contributed by atoms with Gasteiger partial charge in [-0.1, -0.05) is 0 Å². The summed E-state index contributed by atoms with van der Waals surface area (Å²) in [5.74, 6) is 0.811. The highest BCUT2D eigenvalue weighted by atomic mass is 19.4. The average molecular weight is 455 g/mol. The number of halogens is 3. The van der Waals surface area contributed by atoms with Crippen molar-refractivity contribution in [2.75, 3.05) is 5.32 Å². The Bertz CT molecular complexity index is 1300. The van der Waals surface area contributed by atoms with Crippen LogP contribution in [0.15, 0.2) is 48.9 Å². The van der Waals surface area contributed by atoms with Crippen LogP contribution in [0.1, 0.15) is 40.5 Å². The van der Waals surface area contributed by atoms with Crippen LogP contribution in [0.3, 0.4) is 0 Å². The molecule has 0 radical (unpaired) electrons. The van der Waals surface area contributed by atoms with E-state index in [1.165, 1.54) is 24.5 Å². The second kappa shape index (κ2) is 8.49. The van der Waals surface area contributed by atoms with Gasteiger partial charge in [0.05, 0.1) is 41.4 Å². The van der Waals surface area contributed by atoms with Gasteiger partial charge >= 0.3 is 6.18 Å². The summed E-state index contributed by atoms with van der Waals surface area (Å²) in [6.45, 7) is 3.63. The molecule has 0 saturated carbocycles. The summed E-state index contributed by atoms with van der Waals surface area (Å²) < 4.78 is 39.9. The van der Waals surface area contributed by atoms with Crippen molar-refractivity contribution in [2.45, 2.75) is 26.1 Å². The number of nitrogens with one attached hydrogen (secondary N) is 2. The SMILES string of the molecule is Cc1nc2cnc(C(=O)NC(C)c3cnc(Nc4ccc(C(F)(F)F)cc4)cn3)cc2n1C. The van der Waals surface area contributed by atoms with E-state index in [0.717, 1.165) is 23.5 Å². The summed E-state index contributed by atoms with van der Waals surface area (Å²) >= 11 is 0. The lowest BCUT2D eigenvalue weighted by Crippen LogP contribution is -2.28. The molecular weight excluding hydrogens is 435 g/mol. The number of aryl methyl sites for hydroxylation is 2. The molecule has 170 valence electrons. The van der Waals surface area contributed by atoms with Crippen LogP contribution in [-0.4, -0.2) is 30.4 Å². The van der Waals surface area contributed by atoms with Gasteiger partial charge in [0, 0.05) is 12.7 Å². The van der Waals surface area contributed by atoms with Gasteiger partial charge in [-0.3, -0.25) is 9.78 Å². The molecule has 0 spiro atoms. The number of pyridine rings is 1. The molecule has 0 aliphatic heterocycles. The number of nitrogens with zero attached hydrogens (tertiary/aromatic N) is 5. The third kappa shape index (κ3) is 4.76. The zero-order chi connectivity index (χ0) is 23.8. The maximum atomic E-state index is 12.7. The summed E-state index contributed by atoms with van der Waals surface area (Å²) in [5.41, 5.74) is 1.99. The molecule has 1 atom stereocenters. The van der Waals surface area contributed by atoms with Crippen LogP contribution in [0.25, 0.3) is 11.0 Å². The number of carbonyl (C=O) groups excluding carboxylic acids is 1. The molecule has 3 heterocycles. The third-order valence-electron chi connectivity index (χ3n) is 5.17. The van der Waals surface area contributed by atoms with Crippen molar-refractivity contribution in [1.29, 1.82) is 0 Å². The minimum absolute atomic E-state index is 0.255. The van der Waals surface area contributed by atoms with E-state index in [4.69, 9.17) is 0 Å². The van der Waals surface area contributed by atoms with Gasteiger partial charge in [-0.15, -0.1) is 0 Å². The fourth-order valence-corrected chi connectivity index (χ4v) is 3.20. The first-order valence-corrected chi connectivity index (χ1v) is 9.98. The van der Waals surface area contributed by atoms with Gasteiger partial charge < -0.3 is 15.2 Å². The van der Waals surface area contributed by atoms with E-state index >= 15 is 0 Å².